The summed E-state index contributed by atoms with van der Waals surface area (Å²) < 4.78 is 4.74. The normalized spacial score (nSPS) is 14.8. The standard InChI is InChI=1S/C11H18N2O2S/c1-8(11(14)15-4)9(2)13(3)5-10-6-16-7-12-10/h6-9H,5H2,1-4H3. The molecule has 1 aromatic rings. The van der Waals surface area contributed by atoms with Crippen LogP contribution in [-0.2, 0) is 16.1 Å². The third-order valence-corrected chi connectivity index (χ3v) is 3.52. The number of thiazole rings is 1. The van der Waals surface area contributed by atoms with Gasteiger partial charge < -0.3 is 4.74 Å². The summed E-state index contributed by atoms with van der Waals surface area (Å²) in [5, 5.41) is 2.02. The van der Waals surface area contributed by atoms with Gasteiger partial charge in [-0.15, -0.1) is 11.3 Å². The Bertz CT molecular complexity index is 327. The van der Waals surface area contributed by atoms with Gasteiger partial charge in [-0.2, -0.15) is 0 Å². The van der Waals surface area contributed by atoms with E-state index in [2.05, 4.69) is 9.88 Å². The van der Waals surface area contributed by atoms with E-state index in [9.17, 15) is 4.79 Å². The highest BCUT2D eigenvalue weighted by molar-refractivity contribution is 7.07. The molecule has 0 N–H and O–H groups in total. The first-order chi connectivity index (χ1) is 7.56. The predicted molar refractivity (Wildman–Crippen MR) is 64.2 cm³/mol. The lowest BCUT2D eigenvalue weighted by Gasteiger charge is -2.27. The lowest BCUT2D eigenvalue weighted by Crippen LogP contribution is -2.38. The second-order valence-electron chi connectivity index (χ2n) is 3.95. The van der Waals surface area contributed by atoms with E-state index in [1.807, 2.05) is 31.8 Å². The molecule has 4 nitrogen and oxygen atoms in total. The lowest BCUT2D eigenvalue weighted by molar-refractivity contribution is -0.146. The van der Waals surface area contributed by atoms with Gasteiger partial charge in [0, 0.05) is 18.0 Å². The Labute approximate surface area is 100 Å². The third kappa shape index (κ3) is 3.28. The van der Waals surface area contributed by atoms with Crippen molar-refractivity contribution >= 4 is 17.3 Å². The Kier molecular flexibility index (Phi) is 4.89. The van der Waals surface area contributed by atoms with Gasteiger partial charge in [0.1, 0.15) is 0 Å². The number of carbonyl (C=O) groups is 1. The van der Waals surface area contributed by atoms with Crippen LogP contribution < -0.4 is 0 Å². The van der Waals surface area contributed by atoms with Gasteiger partial charge in [-0.1, -0.05) is 6.92 Å². The van der Waals surface area contributed by atoms with Crippen molar-refractivity contribution in [3.05, 3.63) is 16.6 Å². The molecule has 0 spiro atoms. The van der Waals surface area contributed by atoms with Crippen LogP contribution in [0.15, 0.2) is 10.9 Å². The van der Waals surface area contributed by atoms with E-state index < -0.39 is 0 Å². The molecule has 0 aromatic carbocycles. The van der Waals surface area contributed by atoms with Crippen molar-refractivity contribution in [2.75, 3.05) is 14.2 Å². The molecule has 90 valence electrons. The summed E-state index contributed by atoms with van der Waals surface area (Å²) in [7, 11) is 3.41. The quantitative estimate of drug-likeness (QED) is 0.738. The summed E-state index contributed by atoms with van der Waals surface area (Å²) in [5.74, 6) is -0.300. The summed E-state index contributed by atoms with van der Waals surface area (Å²) in [6.45, 7) is 4.66. The maximum absolute atomic E-state index is 11.4. The summed E-state index contributed by atoms with van der Waals surface area (Å²) in [4.78, 5) is 17.7. The molecule has 2 atom stereocenters. The van der Waals surface area contributed by atoms with Gasteiger partial charge >= 0.3 is 5.97 Å². The van der Waals surface area contributed by atoms with Crippen LogP contribution in [0.4, 0.5) is 0 Å². The van der Waals surface area contributed by atoms with E-state index in [1.54, 1.807) is 11.3 Å². The van der Waals surface area contributed by atoms with Gasteiger partial charge in [0.2, 0.25) is 0 Å². The molecule has 0 saturated heterocycles. The van der Waals surface area contributed by atoms with Crippen LogP contribution >= 0.6 is 11.3 Å². The van der Waals surface area contributed by atoms with Crippen LogP contribution in [0.5, 0.6) is 0 Å². The fourth-order valence-corrected chi connectivity index (χ4v) is 2.03. The summed E-state index contributed by atoms with van der Waals surface area (Å²) >= 11 is 1.58. The molecule has 0 aliphatic heterocycles. The molecular weight excluding hydrogens is 224 g/mol. The van der Waals surface area contributed by atoms with Gasteiger partial charge in [0.25, 0.3) is 0 Å². The van der Waals surface area contributed by atoms with Crippen molar-refractivity contribution in [3.63, 3.8) is 0 Å². The molecular formula is C11H18N2O2S. The zero-order valence-electron chi connectivity index (χ0n) is 10.1. The van der Waals surface area contributed by atoms with Gasteiger partial charge in [0.15, 0.2) is 0 Å². The first kappa shape index (κ1) is 13.1. The second kappa shape index (κ2) is 5.96. The summed E-state index contributed by atoms with van der Waals surface area (Å²) in [5.41, 5.74) is 2.86. The van der Waals surface area contributed by atoms with Crippen LogP contribution in [0.1, 0.15) is 19.5 Å². The average molecular weight is 242 g/mol. The van der Waals surface area contributed by atoms with E-state index in [0.29, 0.717) is 0 Å². The van der Waals surface area contributed by atoms with E-state index >= 15 is 0 Å². The second-order valence-corrected chi connectivity index (χ2v) is 4.67. The van der Waals surface area contributed by atoms with Gasteiger partial charge in [0.05, 0.1) is 24.2 Å². The molecule has 1 rings (SSSR count). The topological polar surface area (TPSA) is 42.4 Å². The number of nitrogens with zero attached hydrogens (tertiary/aromatic N) is 2. The van der Waals surface area contributed by atoms with E-state index in [0.717, 1.165) is 12.2 Å². The fraction of sp³-hybridized carbons (Fsp3) is 0.636. The Morgan fingerprint density at radius 3 is 2.81 bits per heavy atom. The Morgan fingerprint density at radius 2 is 2.31 bits per heavy atom. The van der Waals surface area contributed by atoms with E-state index in [-0.39, 0.29) is 17.9 Å². The maximum Gasteiger partial charge on any atom is 0.309 e. The first-order valence-corrected chi connectivity index (χ1v) is 6.15. The zero-order chi connectivity index (χ0) is 12.1. The highest BCUT2D eigenvalue weighted by Gasteiger charge is 2.24. The van der Waals surface area contributed by atoms with Crippen molar-refractivity contribution in [2.24, 2.45) is 5.92 Å². The molecule has 0 saturated carbocycles. The molecule has 16 heavy (non-hydrogen) atoms. The summed E-state index contributed by atoms with van der Waals surface area (Å²) in [6, 6.07) is 0.133. The number of ether oxygens (including phenoxy) is 1. The molecule has 0 radical (unpaired) electrons. The maximum atomic E-state index is 11.4. The van der Waals surface area contributed by atoms with E-state index in [1.165, 1.54) is 7.11 Å². The third-order valence-electron chi connectivity index (χ3n) is 2.89. The highest BCUT2D eigenvalue weighted by Crippen LogP contribution is 2.14. The Hall–Kier alpha value is -0.940. The molecule has 1 aromatic heterocycles. The van der Waals surface area contributed by atoms with Gasteiger partial charge in [-0.05, 0) is 14.0 Å². The van der Waals surface area contributed by atoms with Crippen molar-refractivity contribution < 1.29 is 9.53 Å². The number of aromatic nitrogens is 1. The Morgan fingerprint density at radius 1 is 1.62 bits per heavy atom. The number of methoxy groups -OCH3 is 1. The predicted octanol–water partition coefficient (Wildman–Crippen LogP) is 1.77. The minimum atomic E-state index is -0.169. The number of hydrogen-bond donors (Lipinski definition) is 0. The van der Waals surface area contributed by atoms with Crippen LogP contribution in [0.25, 0.3) is 0 Å². The molecule has 2 unspecified atom stereocenters. The van der Waals surface area contributed by atoms with E-state index in [4.69, 9.17) is 4.74 Å². The summed E-state index contributed by atoms with van der Waals surface area (Å²) in [6.07, 6.45) is 0. The monoisotopic (exact) mass is 242 g/mol. The van der Waals surface area contributed by atoms with Crippen molar-refractivity contribution in [2.45, 2.75) is 26.4 Å². The van der Waals surface area contributed by atoms with Crippen molar-refractivity contribution in [3.8, 4) is 0 Å². The molecule has 0 bridgehead atoms. The van der Waals surface area contributed by atoms with Crippen LogP contribution in [0.3, 0.4) is 0 Å². The molecule has 0 aliphatic rings. The van der Waals surface area contributed by atoms with Crippen LogP contribution in [-0.4, -0.2) is 36.1 Å². The minimum Gasteiger partial charge on any atom is -0.469 e. The number of carbonyl (C=O) groups excluding carboxylic acids is 1. The largest absolute Gasteiger partial charge is 0.469 e. The van der Waals surface area contributed by atoms with Crippen LogP contribution in [0.2, 0.25) is 0 Å². The highest BCUT2D eigenvalue weighted by atomic mass is 32.1. The van der Waals surface area contributed by atoms with Crippen molar-refractivity contribution in [1.82, 2.24) is 9.88 Å². The number of hydrogen-bond acceptors (Lipinski definition) is 5. The lowest BCUT2D eigenvalue weighted by atomic mass is 10.0. The zero-order valence-corrected chi connectivity index (χ0v) is 11.0. The van der Waals surface area contributed by atoms with Crippen molar-refractivity contribution in [1.29, 1.82) is 0 Å². The average Bonchev–Trinajstić information content (AvgIpc) is 2.78. The van der Waals surface area contributed by atoms with Gasteiger partial charge in [-0.3, -0.25) is 9.69 Å². The SMILES string of the molecule is COC(=O)C(C)C(C)N(C)Cc1cscn1. The Balaban J connectivity index is 2.53. The first-order valence-electron chi connectivity index (χ1n) is 5.21. The minimum absolute atomic E-state index is 0.131. The number of esters is 1. The number of rotatable bonds is 5. The molecule has 5 heteroatoms. The molecule has 0 aliphatic carbocycles. The van der Waals surface area contributed by atoms with Gasteiger partial charge in [-0.25, -0.2) is 4.98 Å². The molecule has 0 amide bonds. The van der Waals surface area contributed by atoms with Crippen LogP contribution in [0, 0.1) is 5.92 Å². The molecule has 1 heterocycles. The fourth-order valence-electron chi connectivity index (χ4n) is 1.48. The smallest absolute Gasteiger partial charge is 0.309 e. The molecule has 0 fully saturated rings.